The lowest BCUT2D eigenvalue weighted by Crippen LogP contribution is -2.36. The van der Waals surface area contributed by atoms with Crippen molar-refractivity contribution in [2.75, 3.05) is 38.3 Å². The molecular weight excluding hydrogens is 463 g/mol. The van der Waals surface area contributed by atoms with E-state index in [1.807, 2.05) is 18.2 Å². The van der Waals surface area contributed by atoms with Crippen molar-refractivity contribution in [1.82, 2.24) is 19.7 Å². The molecule has 1 aliphatic rings. The van der Waals surface area contributed by atoms with Gasteiger partial charge in [-0.25, -0.2) is 4.98 Å². The van der Waals surface area contributed by atoms with Crippen LogP contribution in [0, 0.1) is 0 Å². The number of anilines is 1. The third-order valence-electron chi connectivity index (χ3n) is 5.78. The lowest BCUT2D eigenvalue weighted by atomic mass is 10.1. The van der Waals surface area contributed by atoms with Gasteiger partial charge in [-0.1, -0.05) is 29.4 Å². The van der Waals surface area contributed by atoms with Crippen molar-refractivity contribution in [1.29, 1.82) is 0 Å². The molecule has 3 heterocycles. The second-order valence-electron chi connectivity index (χ2n) is 8.04. The molecule has 35 heavy (non-hydrogen) atoms. The van der Waals surface area contributed by atoms with E-state index in [1.165, 1.54) is 11.6 Å². The lowest BCUT2D eigenvalue weighted by Gasteiger charge is -2.30. The fraction of sp³-hybridized carbons (Fsp3) is 0.292. The quantitative estimate of drug-likeness (QED) is 0.407. The zero-order valence-electron chi connectivity index (χ0n) is 19.0. The van der Waals surface area contributed by atoms with Crippen LogP contribution in [0.4, 0.5) is 18.9 Å². The van der Waals surface area contributed by atoms with Crippen LogP contribution < -0.4 is 9.64 Å². The van der Waals surface area contributed by atoms with Crippen LogP contribution >= 0.6 is 0 Å². The zero-order chi connectivity index (χ0) is 24.6. The molecule has 0 spiro atoms. The van der Waals surface area contributed by atoms with Crippen molar-refractivity contribution in [2.24, 2.45) is 7.05 Å². The summed E-state index contributed by atoms with van der Waals surface area (Å²) in [6.07, 6.45) is -3.53. The van der Waals surface area contributed by atoms with Crippen molar-refractivity contribution in [3.63, 3.8) is 0 Å². The Morgan fingerprint density at radius 3 is 2.34 bits per heavy atom. The maximum atomic E-state index is 13.0. The average molecular weight is 485 g/mol. The number of benzene rings is 2. The Kier molecular flexibility index (Phi) is 5.93. The van der Waals surface area contributed by atoms with E-state index in [0.717, 1.165) is 30.5 Å². The van der Waals surface area contributed by atoms with Gasteiger partial charge in [0.05, 0.1) is 31.6 Å². The summed E-state index contributed by atoms with van der Waals surface area (Å²) >= 11 is 0. The molecule has 0 bridgehead atoms. The highest BCUT2D eigenvalue weighted by atomic mass is 19.4. The van der Waals surface area contributed by atoms with Gasteiger partial charge in [0.1, 0.15) is 11.6 Å². The van der Waals surface area contributed by atoms with Gasteiger partial charge in [0.15, 0.2) is 5.69 Å². The fourth-order valence-electron chi connectivity index (χ4n) is 3.97. The molecule has 0 aliphatic carbocycles. The highest BCUT2D eigenvalue weighted by Gasteiger charge is 2.34. The number of morpholine rings is 1. The van der Waals surface area contributed by atoms with Crippen LogP contribution in [-0.4, -0.2) is 53.1 Å². The Morgan fingerprint density at radius 1 is 0.971 bits per heavy atom. The van der Waals surface area contributed by atoms with Crippen LogP contribution in [0.25, 0.3) is 34.2 Å². The van der Waals surface area contributed by atoms with E-state index < -0.39 is 11.9 Å². The van der Waals surface area contributed by atoms with Crippen molar-refractivity contribution >= 4 is 5.69 Å². The normalized spacial score (nSPS) is 14.4. The van der Waals surface area contributed by atoms with E-state index in [4.69, 9.17) is 14.0 Å². The molecule has 0 radical (unpaired) electrons. The summed E-state index contributed by atoms with van der Waals surface area (Å²) in [7, 11) is 3.14. The van der Waals surface area contributed by atoms with Crippen LogP contribution in [0.2, 0.25) is 0 Å². The molecule has 0 amide bonds. The first-order valence-electron chi connectivity index (χ1n) is 10.9. The van der Waals surface area contributed by atoms with Crippen molar-refractivity contribution < 1.29 is 27.2 Å². The average Bonchev–Trinajstić information content (AvgIpc) is 3.51. The van der Waals surface area contributed by atoms with Gasteiger partial charge in [0.25, 0.3) is 5.89 Å². The van der Waals surface area contributed by atoms with Gasteiger partial charge in [-0.3, -0.25) is 0 Å². The number of nitrogens with zero attached hydrogens (tertiary/aromatic N) is 5. The second-order valence-corrected chi connectivity index (χ2v) is 8.04. The van der Waals surface area contributed by atoms with Crippen LogP contribution in [-0.2, 0) is 18.0 Å². The summed E-state index contributed by atoms with van der Waals surface area (Å²) in [5.41, 5.74) is 1.96. The number of hydrogen-bond donors (Lipinski definition) is 0. The summed E-state index contributed by atoms with van der Waals surface area (Å²) in [4.78, 5) is 10.5. The molecule has 1 fully saturated rings. The number of rotatable bonds is 5. The molecular formula is C24H22F3N5O3. The number of imidazole rings is 1. The number of methoxy groups -OCH3 is 1. The largest absolute Gasteiger partial charge is 0.497 e. The molecule has 0 N–H and O–H groups in total. The molecule has 1 aliphatic heterocycles. The maximum absolute atomic E-state index is 13.0. The van der Waals surface area contributed by atoms with Gasteiger partial charge < -0.3 is 23.5 Å². The minimum atomic E-state index is -4.50. The molecule has 182 valence electrons. The maximum Gasteiger partial charge on any atom is 0.434 e. The van der Waals surface area contributed by atoms with Gasteiger partial charge in [0, 0.05) is 43.5 Å². The third kappa shape index (κ3) is 4.59. The minimum absolute atomic E-state index is 0.214. The molecule has 2 aromatic carbocycles. The predicted octanol–water partition coefficient (Wildman–Crippen LogP) is 4.67. The first-order valence-corrected chi connectivity index (χ1v) is 10.9. The highest BCUT2D eigenvalue weighted by molar-refractivity contribution is 5.76. The Balaban J connectivity index is 1.43. The SMILES string of the molecule is COc1ccc(-c2nc(-c3ccc(-c4nc(C(F)(F)F)cn4C)cc3)no2)c(N2CCOCC2)c1. The predicted molar refractivity (Wildman–Crippen MR) is 122 cm³/mol. The van der Waals surface area contributed by atoms with Crippen molar-refractivity contribution in [3.8, 4) is 40.0 Å². The van der Waals surface area contributed by atoms with Gasteiger partial charge >= 0.3 is 6.18 Å². The Labute approximate surface area is 198 Å². The van der Waals surface area contributed by atoms with Gasteiger partial charge in [-0.2, -0.15) is 18.2 Å². The number of aryl methyl sites for hydroxylation is 1. The van der Waals surface area contributed by atoms with Crippen LogP contribution in [0.1, 0.15) is 5.69 Å². The second kappa shape index (κ2) is 9.06. The van der Waals surface area contributed by atoms with Crippen LogP contribution in [0.5, 0.6) is 5.75 Å². The van der Waals surface area contributed by atoms with Crippen molar-refractivity contribution in [2.45, 2.75) is 6.18 Å². The Bertz CT molecular complexity index is 1330. The molecule has 0 unspecified atom stereocenters. The molecule has 8 nitrogen and oxygen atoms in total. The fourth-order valence-corrected chi connectivity index (χ4v) is 3.97. The van der Waals surface area contributed by atoms with E-state index in [2.05, 4.69) is 20.0 Å². The summed E-state index contributed by atoms with van der Waals surface area (Å²) in [5, 5.41) is 4.12. The molecule has 0 saturated carbocycles. The van der Waals surface area contributed by atoms with E-state index in [9.17, 15) is 13.2 Å². The van der Waals surface area contributed by atoms with E-state index >= 15 is 0 Å². The van der Waals surface area contributed by atoms with Gasteiger partial charge in [-0.05, 0) is 12.1 Å². The van der Waals surface area contributed by atoms with E-state index in [-0.39, 0.29) is 5.82 Å². The first kappa shape index (κ1) is 22.9. The standard InChI is InChI=1S/C24H22F3N5O3/c1-31-14-20(24(25,26)27)28-22(31)16-5-3-15(4-6-16)21-29-23(35-30-21)18-8-7-17(33-2)13-19(18)32-9-11-34-12-10-32/h3-8,13-14H,9-12H2,1-2H3. The Morgan fingerprint density at radius 2 is 1.69 bits per heavy atom. The molecule has 5 rings (SSSR count). The summed E-state index contributed by atoms with van der Waals surface area (Å²) in [6.45, 7) is 2.70. The number of ether oxygens (including phenoxy) is 2. The molecule has 1 saturated heterocycles. The first-order chi connectivity index (χ1) is 16.8. The van der Waals surface area contributed by atoms with Gasteiger partial charge in [-0.15, -0.1) is 0 Å². The summed E-state index contributed by atoms with van der Waals surface area (Å²) < 4.78 is 56.8. The Hall–Kier alpha value is -3.86. The molecule has 11 heteroatoms. The van der Waals surface area contributed by atoms with Crippen LogP contribution in [0.15, 0.2) is 53.2 Å². The number of alkyl halides is 3. The monoisotopic (exact) mass is 485 g/mol. The lowest BCUT2D eigenvalue weighted by molar-refractivity contribution is -0.140. The number of aromatic nitrogens is 4. The molecule has 4 aromatic rings. The van der Waals surface area contributed by atoms with Crippen LogP contribution in [0.3, 0.4) is 0 Å². The summed E-state index contributed by atoms with van der Waals surface area (Å²) in [5.74, 6) is 1.65. The zero-order valence-corrected chi connectivity index (χ0v) is 19.0. The highest BCUT2D eigenvalue weighted by Crippen LogP contribution is 2.35. The van der Waals surface area contributed by atoms with Gasteiger partial charge in [0.2, 0.25) is 5.82 Å². The summed E-state index contributed by atoms with van der Waals surface area (Å²) in [6, 6.07) is 12.5. The molecule has 2 aromatic heterocycles. The number of hydrogen-bond acceptors (Lipinski definition) is 7. The minimum Gasteiger partial charge on any atom is -0.497 e. The van der Waals surface area contributed by atoms with E-state index in [0.29, 0.717) is 41.8 Å². The third-order valence-corrected chi connectivity index (χ3v) is 5.78. The topological polar surface area (TPSA) is 78.4 Å². The molecule has 0 atom stereocenters. The number of halogens is 3. The smallest absolute Gasteiger partial charge is 0.434 e. The van der Waals surface area contributed by atoms with E-state index in [1.54, 1.807) is 31.4 Å². The van der Waals surface area contributed by atoms with Crippen molar-refractivity contribution in [3.05, 3.63) is 54.4 Å².